The highest BCUT2D eigenvalue weighted by atomic mass is 19.4. The quantitative estimate of drug-likeness (QED) is 0.756. The lowest BCUT2D eigenvalue weighted by molar-refractivity contribution is -0.137. The van der Waals surface area contributed by atoms with Gasteiger partial charge in [-0.3, -0.25) is 9.59 Å². The molecule has 0 saturated carbocycles. The number of alkyl halides is 3. The predicted molar refractivity (Wildman–Crippen MR) is 81.8 cm³/mol. The number of pyridine rings is 2. The number of fused-ring (bicyclic) bond motifs is 1. The van der Waals surface area contributed by atoms with Crippen LogP contribution in [0.25, 0.3) is 10.9 Å². The smallest absolute Gasteiger partial charge is 0.360 e. The van der Waals surface area contributed by atoms with Crippen LogP contribution in [0.3, 0.4) is 0 Å². The van der Waals surface area contributed by atoms with Crippen LogP contribution >= 0.6 is 0 Å². The first-order chi connectivity index (χ1) is 11.4. The van der Waals surface area contributed by atoms with Crippen molar-refractivity contribution in [2.45, 2.75) is 6.18 Å². The average Bonchev–Trinajstić information content (AvgIpc) is 2.55. The molecule has 5 nitrogen and oxygen atoms in total. The molecule has 0 aliphatic rings. The summed E-state index contributed by atoms with van der Waals surface area (Å²) in [7, 11) is 0. The largest absolute Gasteiger partial charge is 0.416 e. The summed E-state index contributed by atoms with van der Waals surface area (Å²) < 4.78 is 38.1. The van der Waals surface area contributed by atoms with Crippen molar-refractivity contribution >= 4 is 22.6 Å². The molecule has 1 aromatic carbocycles. The number of anilines is 1. The minimum atomic E-state index is -4.51. The second-order valence-corrected chi connectivity index (χ2v) is 4.96. The highest BCUT2D eigenvalue weighted by molar-refractivity contribution is 6.05. The first-order valence-corrected chi connectivity index (χ1v) is 6.81. The van der Waals surface area contributed by atoms with E-state index >= 15 is 0 Å². The summed E-state index contributed by atoms with van der Waals surface area (Å²) in [5, 5.41) is 2.45. The van der Waals surface area contributed by atoms with E-state index in [-0.39, 0.29) is 22.3 Å². The van der Waals surface area contributed by atoms with E-state index in [2.05, 4.69) is 15.3 Å². The van der Waals surface area contributed by atoms with Gasteiger partial charge in [0.2, 0.25) is 5.43 Å². The molecule has 0 bridgehead atoms. The van der Waals surface area contributed by atoms with Gasteiger partial charge in [0.25, 0.3) is 5.91 Å². The number of nitrogens with zero attached hydrogens (tertiary/aromatic N) is 1. The Balaban J connectivity index is 2.00. The molecule has 0 aliphatic heterocycles. The first-order valence-electron chi connectivity index (χ1n) is 6.81. The minimum Gasteiger partial charge on any atom is -0.360 e. The SMILES string of the molecule is O=C(Nc1ccccn1)c1c[nH]c2cc(C(F)(F)F)ccc2c1=O. The summed E-state index contributed by atoms with van der Waals surface area (Å²) in [5.41, 5.74) is -1.75. The number of nitrogens with one attached hydrogen (secondary N) is 2. The van der Waals surface area contributed by atoms with E-state index in [1.807, 2.05) is 0 Å². The van der Waals surface area contributed by atoms with Gasteiger partial charge in [0, 0.05) is 23.3 Å². The van der Waals surface area contributed by atoms with Crippen molar-refractivity contribution in [1.29, 1.82) is 0 Å². The molecule has 3 aromatic rings. The summed E-state index contributed by atoms with van der Waals surface area (Å²) >= 11 is 0. The number of carbonyl (C=O) groups is 1. The maximum absolute atomic E-state index is 12.7. The Morgan fingerprint density at radius 3 is 2.62 bits per heavy atom. The van der Waals surface area contributed by atoms with Crippen LogP contribution in [-0.4, -0.2) is 15.9 Å². The number of halogens is 3. The van der Waals surface area contributed by atoms with Gasteiger partial charge >= 0.3 is 6.18 Å². The fourth-order valence-electron chi connectivity index (χ4n) is 2.19. The van der Waals surface area contributed by atoms with Crippen LogP contribution in [-0.2, 0) is 6.18 Å². The van der Waals surface area contributed by atoms with Crippen molar-refractivity contribution in [1.82, 2.24) is 9.97 Å². The summed E-state index contributed by atoms with van der Waals surface area (Å²) in [6.07, 6.45) is -1.96. The Bertz CT molecular complexity index is 966. The third kappa shape index (κ3) is 2.98. The maximum atomic E-state index is 12.7. The number of carbonyl (C=O) groups excluding carboxylic acids is 1. The van der Waals surface area contributed by atoms with Crippen LogP contribution in [0.1, 0.15) is 15.9 Å². The predicted octanol–water partition coefficient (Wildman–Crippen LogP) is 3.19. The number of aromatic nitrogens is 2. The number of aromatic amines is 1. The van der Waals surface area contributed by atoms with Gasteiger partial charge in [-0.25, -0.2) is 4.98 Å². The molecular weight excluding hydrogens is 323 g/mol. The second kappa shape index (κ2) is 5.80. The van der Waals surface area contributed by atoms with Crippen LogP contribution in [0.2, 0.25) is 0 Å². The van der Waals surface area contributed by atoms with Gasteiger partial charge in [0.05, 0.1) is 5.56 Å². The number of H-pyrrole nitrogens is 1. The number of amides is 1. The highest BCUT2D eigenvalue weighted by Crippen LogP contribution is 2.30. The number of rotatable bonds is 2. The van der Waals surface area contributed by atoms with Crippen molar-refractivity contribution in [3.63, 3.8) is 0 Å². The first kappa shape index (κ1) is 15.7. The van der Waals surface area contributed by atoms with Gasteiger partial charge in [-0.05, 0) is 30.3 Å². The van der Waals surface area contributed by atoms with Crippen molar-refractivity contribution in [3.05, 3.63) is 70.1 Å². The molecule has 8 heteroatoms. The molecule has 3 rings (SSSR count). The standard InChI is InChI=1S/C16H10F3N3O2/c17-16(18,19)9-4-5-10-12(7-9)21-8-11(14(10)23)15(24)22-13-3-1-2-6-20-13/h1-8H,(H,21,23)(H,20,22,24). The van der Waals surface area contributed by atoms with Gasteiger partial charge < -0.3 is 10.3 Å². The maximum Gasteiger partial charge on any atom is 0.416 e. The molecule has 2 heterocycles. The van der Waals surface area contributed by atoms with Gasteiger partial charge in [0.15, 0.2) is 0 Å². The van der Waals surface area contributed by atoms with Crippen molar-refractivity contribution in [2.75, 3.05) is 5.32 Å². The van der Waals surface area contributed by atoms with Crippen LogP contribution in [0, 0.1) is 0 Å². The Kier molecular flexibility index (Phi) is 3.80. The van der Waals surface area contributed by atoms with Crippen molar-refractivity contribution in [2.24, 2.45) is 0 Å². The topological polar surface area (TPSA) is 74.8 Å². The molecule has 0 aliphatic carbocycles. The van der Waals surface area contributed by atoms with Gasteiger partial charge in [-0.1, -0.05) is 6.07 Å². The zero-order valence-electron chi connectivity index (χ0n) is 12.0. The molecule has 0 unspecified atom stereocenters. The average molecular weight is 333 g/mol. The molecule has 2 N–H and O–H groups in total. The van der Waals surface area contributed by atoms with Gasteiger partial charge in [-0.2, -0.15) is 13.2 Å². The Morgan fingerprint density at radius 2 is 1.96 bits per heavy atom. The summed E-state index contributed by atoms with van der Waals surface area (Å²) in [6.45, 7) is 0. The Hall–Kier alpha value is -3.16. The molecule has 0 saturated heterocycles. The monoisotopic (exact) mass is 333 g/mol. The van der Waals surface area contributed by atoms with Gasteiger partial charge in [-0.15, -0.1) is 0 Å². The van der Waals surface area contributed by atoms with Crippen LogP contribution in [0.15, 0.2) is 53.6 Å². The normalized spacial score (nSPS) is 11.5. The molecule has 1 amide bonds. The molecule has 122 valence electrons. The minimum absolute atomic E-state index is 0.00308. The highest BCUT2D eigenvalue weighted by Gasteiger charge is 2.30. The van der Waals surface area contributed by atoms with E-state index < -0.39 is 23.1 Å². The number of hydrogen-bond acceptors (Lipinski definition) is 3. The van der Waals surface area contributed by atoms with Crippen LogP contribution < -0.4 is 10.7 Å². The molecule has 0 spiro atoms. The van der Waals surface area contributed by atoms with Crippen LogP contribution in [0.4, 0.5) is 19.0 Å². The van der Waals surface area contributed by atoms with E-state index in [0.29, 0.717) is 0 Å². The second-order valence-electron chi connectivity index (χ2n) is 4.96. The lowest BCUT2D eigenvalue weighted by atomic mass is 10.1. The summed E-state index contributed by atoms with van der Waals surface area (Å²) in [6, 6.07) is 7.55. The number of hydrogen-bond donors (Lipinski definition) is 2. The zero-order chi connectivity index (χ0) is 17.3. The van der Waals surface area contributed by atoms with Crippen molar-refractivity contribution < 1.29 is 18.0 Å². The van der Waals surface area contributed by atoms with E-state index in [9.17, 15) is 22.8 Å². The molecule has 0 radical (unpaired) electrons. The molecular formula is C16H10F3N3O2. The van der Waals surface area contributed by atoms with Crippen LogP contribution in [0.5, 0.6) is 0 Å². The lowest BCUT2D eigenvalue weighted by Gasteiger charge is -2.08. The molecule has 0 atom stereocenters. The summed E-state index contributed by atoms with van der Waals surface area (Å²) in [4.78, 5) is 31.0. The van der Waals surface area contributed by atoms with E-state index in [1.165, 1.54) is 6.20 Å². The van der Waals surface area contributed by atoms with E-state index in [4.69, 9.17) is 0 Å². The fourth-order valence-corrected chi connectivity index (χ4v) is 2.19. The lowest BCUT2D eigenvalue weighted by Crippen LogP contribution is -2.22. The molecule has 2 aromatic heterocycles. The van der Waals surface area contributed by atoms with E-state index in [0.717, 1.165) is 24.4 Å². The molecule has 24 heavy (non-hydrogen) atoms. The fraction of sp³-hybridized carbons (Fsp3) is 0.0625. The van der Waals surface area contributed by atoms with E-state index in [1.54, 1.807) is 18.2 Å². The summed E-state index contributed by atoms with van der Waals surface area (Å²) in [5.74, 6) is -0.439. The third-order valence-electron chi connectivity index (χ3n) is 3.36. The Labute approximate surface area is 133 Å². The van der Waals surface area contributed by atoms with Gasteiger partial charge in [0.1, 0.15) is 11.4 Å². The van der Waals surface area contributed by atoms with Crippen molar-refractivity contribution in [3.8, 4) is 0 Å². The molecule has 0 fully saturated rings. The zero-order valence-corrected chi connectivity index (χ0v) is 12.0. The third-order valence-corrected chi connectivity index (χ3v) is 3.36. The Morgan fingerprint density at radius 1 is 1.17 bits per heavy atom. The number of benzene rings is 1.